The molecule has 5 heteroatoms. The average molecular weight is 278 g/mol. The van der Waals surface area contributed by atoms with Crippen LogP contribution in [-0.2, 0) is 11.3 Å². The molecule has 0 radical (unpaired) electrons. The second-order valence-electron chi connectivity index (χ2n) is 2.71. The molecule has 0 bridgehead atoms. The molecule has 0 aromatic carbocycles. The minimum atomic E-state index is -0.0114. The van der Waals surface area contributed by atoms with E-state index >= 15 is 0 Å². The first kappa shape index (κ1) is 11.8. The first-order valence-electron chi connectivity index (χ1n) is 4.28. The van der Waals surface area contributed by atoms with Crippen molar-refractivity contribution in [2.45, 2.75) is 6.54 Å². The molecule has 0 aliphatic carbocycles. The number of halogens is 1. The summed E-state index contributed by atoms with van der Waals surface area (Å²) in [5.74, 6) is 0.702. The van der Waals surface area contributed by atoms with Crippen molar-refractivity contribution in [3.63, 3.8) is 0 Å². The second kappa shape index (κ2) is 6.27. The van der Waals surface area contributed by atoms with Crippen LogP contribution in [0.3, 0.4) is 0 Å². The van der Waals surface area contributed by atoms with Crippen LogP contribution in [0.4, 0.5) is 0 Å². The van der Waals surface area contributed by atoms with Crippen molar-refractivity contribution in [1.29, 1.82) is 0 Å². The Morgan fingerprint density at radius 2 is 2.21 bits per heavy atom. The summed E-state index contributed by atoms with van der Waals surface area (Å²) in [5, 5.41) is 0. The average Bonchev–Trinajstić information content (AvgIpc) is 2.18. The van der Waals surface area contributed by atoms with Crippen LogP contribution in [0, 0.1) is 0 Å². The van der Waals surface area contributed by atoms with Crippen LogP contribution in [0.25, 0.3) is 0 Å². The lowest BCUT2D eigenvalue weighted by Crippen LogP contribution is -2.21. The molecular weight excluding hydrogens is 266 g/mol. The van der Waals surface area contributed by atoms with Crippen LogP contribution < -0.4 is 5.56 Å². The molecule has 14 heavy (non-hydrogen) atoms. The summed E-state index contributed by atoms with van der Waals surface area (Å²) in [6.07, 6.45) is 1.76. The van der Waals surface area contributed by atoms with E-state index in [0.29, 0.717) is 25.5 Å². The summed E-state index contributed by atoms with van der Waals surface area (Å²) < 4.78 is 7.74. The third-order valence-corrected chi connectivity index (χ3v) is 2.31. The van der Waals surface area contributed by atoms with Gasteiger partial charge < -0.3 is 9.30 Å². The van der Waals surface area contributed by atoms with Crippen LogP contribution in [0.5, 0.6) is 0 Å². The minimum absolute atomic E-state index is 0.0114. The van der Waals surface area contributed by atoms with Gasteiger partial charge in [-0.15, -0.1) is 0 Å². The Bertz CT molecular complexity index is 340. The van der Waals surface area contributed by atoms with E-state index in [4.69, 9.17) is 4.74 Å². The van der Waals surface area contributed by atoms with E-state index in [-0.39, 0.29) is 5.56 Å². The van der Waals surface area contributed by atoms with Crippen molar-refractivity contribution < 1.29 is 4.74 Å². The zero-order chi connectivity index (χ0) is 10.4. The first-order valence-corrected chi connectivity index (χ1v) is 5.71. The van der Waals surface area contributed by atoms with Gasteiger partial charge in [-0.3, -0.25) is 4.79 Å². The van der Waals surface area contributed by atoms with Gasteiger partial charge in [0.25, 0.3) is 5.56 Å². The number of thiol groups is 1. The van der Waals surface area contributed by atoms with Crippen LogP contribution >= 0.6 is 28.6 Å². The summed E-state index contributed by atoms with van der Waals surface area (Å²) in [6.45, 7) is 1.73. The molecule has 0 N–H and O–H groups in total. The maximum absolute atomic E-state index is 11.3. The fraction of sp³-hybridized carbons (Fsp3) is 0.444. The number of hydrogen-bond acceptors (Lipinski definition) is 3. The number of nitrogens with zero attached hydrogens (tertiary/aromatic N) is 1. The molecule has 1 aromatic heterocycles. The predicted molar refractivity (Wildman–Crippen MR) is 63.1 cm³/mol. The Morgan fingerprint density at radius 1 is 1.43 bits per heavy atom. The lowest BCUT2D eigenvalue weighted by molar-refractivity contribution is 0.140. The maximum Gasteiger partial charge on any atom is 0.250 e. The summed E-state index contributed by atoms with van der Waals surface area (Å²) in [5.41, 5.74) is -0.0114. The van der Waals surface area contributed by atoms with Crippen molar-refractivity contribution in [3.8, 4) is 0 Å². The van der Waals surface area contributed by atoms with E-state index in [1.807, 2.05) is 0 Å². The third kappa shape index (κ3) is 3.86. The second-order valence-corrected chi connectivity index (χ2v) is 4.08. The summed E-state index contributed by atoms with van der Waals surface area (Å²) >= 11 is 7.32. The van der Waals surface area contributed by atoms with Crippen molar-refractivity contribution in [2.75, 3.05) is 19.0 Å². The van der Waals surface area contributed by atoms with Gasteiger partial charge in [0.2, 0.25) is 0 Å². The topological polar surface area (TPSA) is 31.2 Å². The maximum atomic E-state index is 11.3. The van der Waals surface area contributed by atoms with Gasteiger partial charge in [0.15, 0.2) is 0 Å². The predicted octanol–water partition coefficient (Wildman–Crippen LogP) is 1.56. The SMILES string of the molecule is O=c1ccc(Br)cn1CCOCCS. The molecule has 1 rings (SSSR count). The molecule has 3 nitrogen and oxygen atoms in total. The van der Waals surface area contributed by atoms with Gasteiger partial charge in [-0.05, 0) is 22.0 Å². The lowest BCUT2D eigenvalue weighted by atomic mass is 10.4. The highest BCUT2D eigenvalue weighted by atomic mass is 79.9. The summed E-state index contributed by atoms with van der Waals surface area (Å²) in [4.78, 5) is 11.3. The highest BCUT2D eigenvalue weighted by Crippen LogP contribution is 2.04. The number of hydrogen-bond donors (Lipinski definition) is 1. The van der Waals surface area contributed by atoms with Gasteiger partial charge in [-0.2, -0.15) is 12.6 Å². The van der Waals surface area contributed by atoms with E-state index in [9.17, 15) is 4.79 Å². The third-order valence-electron chi connectivity index (χ3n) is 1.66. The van der Waals surface area contributed by atoms with Crippen LogP contribution in [0.2, 0.25) is 0 Å². The van der Waals surface area contributed by atoms with Crippen LogP contribution in [-0.4, -0.2) is 23.5 Å². The zero-order valence-corrected chi connectivity index (χ0v) is 10.1. The number of aromatic nitrogens is 1. The Kier molecular flexibility index (Phi) is 5.29. The molecule has 1 heterocycles. The monoisotopic (exact) mass is 277 g/mol. The zero-order valence-electron chi connectivity index (χ0n) is 7.65. The van der Waals surface area contributed by atoms with E-state index < -0.39 is 0 Å². The number of ether oxygens (including phenoxy) is 1. The fourth-order valence-corrected chi connectivity index (χ4v) is 1.51. The molecule has 0 spiro atoms. The number of pyridine rings is 1. The first-order chi connectivity index (χ1) is 6.74. The Morgan fingerprint density at radius 3 is 2.93 bits per heavy atom. The molecule has 0 saturated carbocycles. The van der Waals surface area contributed by atoms with E-state index in [1.165, 1.54) is 6.07 Å². The largest absolute Gasteiger partial charge is 0.379 e. The van der Waals surface area contributed by atoms with Gasteiger partial charge in [-0.1, -0.05) is 0 Å². The molecule has 0 aliphatic rings. The van der Waals surface area contributed by atoms with Gasteiger partial charge in [0.1, 0.15) is 0 Å². The summed E-state index contributed by atoms with van der Waals surface area (Å²) in [6, 6.07) is 3.26. The molecule has 0 atom stereocenters. The van der Waals surface area contributed by atoms with Crippen molar-refractivity contribution >= 4 is 28.6 Å². The Hall–Kier alpha value is -0.260. The molecule has 1 aromatic rings. The van der Waals surface area contributed by atoms with Crippen molar-refractivity contribution in [2.24, 2.45) is 0 Å². The van der Waals surface area contributed by atoms with Gasteiger partial charge in [0.05, 0.1) is 13.2 Å². The van der Waals surface area contributed by atoms with Crippen LogP contribution in [0.15, 0.2) is 27.6 Å². The Labute approximate surface area is 96.6 Å². The number of rotatable bonds is 5. The standard InChI is InChI=1S/C9H12BrNO2S/c10-8-1-2-9(12)11(7-8)3-4-13-5-6-14/h1-2,7,14H,3-6H2. The molecule has 0 fully saturated rings. The molecule has 0 aliphatic heterocycles. The summed E-state index contributed by atoms with van der Waals surface area (Å²) in [7, 11) is 0. The van der Waals surface area contributed by atoms with E-state index in [2.05, 4.69) is 28.6 Å². The Balaban J connectivity index is 2.49. The van der Waals surface area contributed by atoms with Gasteiger partial charge in [-0.25, -0.2) is 0 Å². The molecule has 0 unspecified atom stereocenters. The highest BCUT2D eigenvalue weighted by Gasteiger charge is 1.96. The minimum Gasteiger partial charge on any atom is -0.379 e. The fourth-order valence-electron chi connectivity index (χ4n) is 1.01. The lowest BCUT2D eigenvalue weighted by Gasteiger charge is -2.05. The molecule has 78 valence electrons. The quantitative estimate of drug-likeness (QED) is 0.654. The highest BCUT2D eigenvalue weighted by molar-refractivity contribution is 9.10. The van der Waals surface area contributed by atoms with Gasteiger partial charge >= 0.3 is 0 Å². The van der Waals surface area contributed by atoms with Crippen molar-refractivity contribution in [3.05, 3.63) is 33.2 Å². The molecule has 0 amide bonds. The van der Waals surface area contributed by atoms with Crippen LogP contribution in [0.1, 0.15) is 0 Å². The normalized spacial score (nSPS) is 10.4. The van der Waals surface area contributed by atoms with Crippen molar-refractivity contribution in [1.82, 2.24) is 4.57 Å². The van der Waals surface area contributed by atoms with Gasteiger partial charge in [0, 0.05) is 29.0 Å². The smallest absolute Gasteiger partial charge is 0.250 e. The molecular formula is C9H12BrNO2S. The van der Waals surface area contributed by atoms with E-state index in [1.54, 1.807) is 16.8 Å². The molecule has 0 saturated heterocycles. The van der Waals surface area contributed by atoms with E-state index in [0.717, 1.165) is 4.47 Å².